The summed E-state index contributed by atoms with van der Waals surface area (Å²) in [4.78, 5) is 4.63. The molecule has 1 atom stereocenters. The summed E-state index contributed by atoms with van der Waals surface area (Å²) >= 11 is 0. The molecule has 0 spiro atoms. The van der Waals surface area contributed by atoms with Gasteiger partial charge in [-0.2, -0.15) is 0 Å². The lowest BCUT2D eigenvalue weighted by atomic mass is 10.0. The highest BCUT2D eigenvalue weighted by molar-refractivity contribution is 5.80. The van der Waals surface area contributed by atoms with Crippen LogP contribution in [0, 0.1) is 0 Å². The number of hydrogen-bond donors (Lipinski definition) is 3. The van der Waals surface area contributed by atoms with Gasteiger partial charge in [0.15, 0.2) is 5.96 Å². The van der Waals surface area contributed by atoms with Crippen LogP contribution in [0.4, 0.5) is 0 Å². The molecule has 2 aromatic rings. The van der Waals surface area contributed by atoms with E-state index < -0.39 is 0 Å². The highest BCUT2D eigenvalue weighted by atomic mass is 16.5. The fourth-order valence-corrected chi connectivity index (χ4v) is 2.96. The van der Waals surface area contributed by atoms with E-state index >= 15 is 0 Å². The third-order valence-corrected chi connectivity index (χ3v) is 4.31. The summed E-state index contributed by atoms with van der Waals surface area (Å²) in [6, 6.07) is 13.3. The fraction of sp³-hybridized carbons (Fsp3) is 0.350. The normalized spacial score (nSPS) is 16.4. The first-order valence-corrected chi connectivity index (χ1v) is 8.83. The Balaban J connectivity index is 1.76. The highest BCUT2D eigenvalue weighted by Crippen LogP contribution is 2.31. The molecule has 1 aliphatic heterocycles. The number of hydrogen-bond acceptors (Lipinski definition) is 4. The second kappa shape index (κ2) is 8.47. The fourth-order valence-electron chi connectivity index (χ4n) is 2.96. The van der Waals surface area contributed by atoms with E-state index in [0.717, 1.165) is 24.3 Å². The number of nitrogens with zero attached hydrogens (tertiary/aromatic N) is 1. The number of aliphatic imine (C=N–C) groups is 1. The van der Waals surface area contributed by atoms with Gasteiger partial charge in [0.2, 0.25) is 0 Å². The molecule has 26 heavy (non-hydrogen) atoms. The van der Waals surface area contributed by atoms with Crippen molar-refractivity contribution in [3.63, 3.8) is 0 Å². The van der Waals surface area contributed by atoms with Crippen molar-refractivity contribution in [1.29, 1.82) is 0 Å². The van der Waals surface area contributed by atoms with Crippen LogP contribution in [0.5, 0.6) is 17.2 Å². The first-order valence-electron chi connectivity index (χ1n) is 8.83. The molecule has 0 saturated heterocycles. The minimum atomic E-state index is 0.136. The molecule has 0 amide bonds. The number of guanidine groups is 1. The number of ether oxygens (including phenoxy) is 2. The molecular weight excluding hydrogens is 330 g/mol. The van der Waals surface area contributed by atoms with Gasteiger partial charge in [0, 0.05) is 24.1 Å². The van der Waals surface area contributed by atoms with Crippen LogP contribution in [0.3, 0.4) is 0 Å². The Hall–Kier alpha value is -2.89. The number of methoxy groups -OCH3 is 1. The lowest BCUT2D eigenvalue weighted by Crippen LogP contribution is -2.41. The van der Waals surface area contributed by atoms with Crippen molar-refractivity contribution in [1.82, 2.24) is 10.6 Å². The Morgan fingerprint density at radius 2 is 2.15 bits per heavy atom. The molecular formula is C20H25N3O3. The average molecular weight is 355 g/mol. The smallest absolute Gasteiger partial charge is 0.192 e. The van der Waals surface area contributed by atoms with E-state index in [1.807, 2.05) is 25.1 Å². The SMILES string of the molecule is CCNC(=NCc1cc(OC)ccc1O)NC1CCOc2ccccc21. The second-order valence-corrected chi connectivity index (χ2v) is 6.06. The van der Waals surface area contributed by atoms with Gasteiger partial charge in [0.1, 0.15) is 17.2 Å². The predicted octanol–water partition coefficient (Wildman–Crippen LogP) is 2.98. The van der Waals surface area contributed by atoms with Crippen molar-refractivity contribution in [2.45, 2.75) is 25.9 Å². The maximum absolute atomic E-state index is 10.0. The van der Waals surface area contributed by atoms with E-state index in [9.17, 15) is 5.11 Å². The number of fused-ring (bicyclic) bond motifs is 1. The van der Waals surface area contributed by atoms with Gasteiger partial charge < -0.3 is 25.2 Å². The number of benzene rings is 2. The molecule has 0 aromatic heterocycles. The van der Waals surface area contributed by atoms with Crippen LogP contribution in [0.15, 0.2) is 47.5 Å². The van der Waals surface area contributed by atoms with Gasteiger partial charge in [-0.1, -0.05) is 18.2 Å². The molecule has 0 radical (unpaired) electrons. The summed E-state index contributed by atoms with van der Waals surface area (Å²) in [6.45, 7) is 3.80. The van der Waals surface area contributed by atoms with Crippen LogP contribution in [0.25, 0.3) is 0 Å². The van der Waals surface area contributed by atoms with E-state index in [1.165, 1.54) is 0 Å². The topological polar surface area (TPSA) is 75.1 Å². The first-order chi connectivity index (χ1) is 12.7. The third kappa shape index (κ3) is 4.20. The van der Waals surface area contributed by atoms with Crippen LogP contribution in [0.2, 0.25) is 0 Å². The Kier molecular flexibility index (Phi) is 5.84. The summed E-state index contributed by atoms with van der Waals surface area (Å²) in [7, 11) is 1.60. The van der Waals surface area contributed by atoms with Crippen LogP contribution < -0.4 is 20.1 Å². The average Bonchev–Trinajstić information content (AvgIpc) is 2.67. The highest BCUT2D eigenvalue weighted by Gasteiger charge is 2.21. The standard InChI is InChI=1S/C20H25N3O3/c1-3-21-20(22-13-14-12-15(25-2)8-9-18(14)24)23-17-10-11-26-19-7-5-4-6-16(17)19/h4-9,12,17,24H,3,10-11,13H2,1-2H3,(H2,21,22,23). The van der Waals surface area contributed by atoms with Crippen LogP contribution in [-0.2, 0) is 6.54 Å². The quantitative estimate of drug-likeness (QED) is 0.568. The molecule has 1 unspecified atom stereocenters. The molecule has 1 aliphatic rings. The van der Waals surface area contributed by atoms with Gasteiger partial charge in [-0.25, -0.2) is 4.99 Å². The second-order valence-electron chi connectivity index (χ2n) is 6.06. The van der Waals surface area contributed by atoms with Gasteiger partial charge in [-0.15, -0.1) is 0 Å². The molecule has 6 nitrogen and oxygen atoms in total. The first kappa shape index (κ1) is 17.9. The largest absolute Gasteiger partial charge is 0.508 e. The van der Waals surface area contributed by atoms with Crippen molar-refractivity contribution in [3.8, 4) is 17.2 Å². The minimum absolute atomic E-state index is 0.136. The van der Waals surface area contributed by atoms with Gasteiger partial charge in [-0.3, -0.25) is 0 Å². The zero-order valence-electron chi connectivity index (χ0n) is 15.2. The molecule has 138 valence electrons. The maximum atomic E-state index is 10.0. The summed E-state index contributed by atoms with van der Waals surface area (Å²) in [5.41, 5.74) is 1.85. The van der Waals surface area contributed by atoms with Crippen LogP contribution in [0.1, 0.15) is 30.5 Å². The summed E-state index contributed by atoms with van der Waals surface area (Å²) < 4.78 is 10.9. The molecule has 0 saturated carbocycles. The molecule has 3 rings (SSSR count). The predicted molar refractivity (Wildman–Crippen MR) is 102 cm³/mol. The van der Waals surface area contributed by atoms with E-state index in [0.29, 0.717) is 30.4 Å². The Bertz CT molecular complexity index is 777. The molecule has 1 heterocycles. The zero-order chi connectivity index (χ0) is 18.4. The molecule has 2 aromatic carbocycles. The molecule has 3 N–H and O–H groups in total. The number of phenolic OH excluding ortho intramolecular Hbond substituents is 1. The lowest BCUT2D eigenvalue weighted by molar-refractivity contribution is 0.261. The minimum Gasteiger partial charge on any atom is -0.508 e. The number of phenols is 1. The monoisotopic (exact) mass is 355 g/mol. The Morgan fingerprint density at radius 3 is 2.96 bits per heavy atom. The number of rotatable bonds is 5. The Labute approximate surface area is 153 Å². The van der Waals surface area contributed by atoms with E-state index in [4.69, 9.17) is 9.47 Å². The number of para-hydroxylation sites is 1. The number of aromatic hydroxyl groups is 1. The van der Waals surface area contributed by atoms with Gasteiger partial charge in [-0.05, 0) is 31.2 Å². The molecule has 0 fully saturated rings. The summed E-state index contributed by atoms with van der Waals surface area (Å²) in [5.74, 6) is 2.53. The van der Waals surface area contributed by atoms with Crippen molar-refractivity contribution in [2.75, 3.05) is 20.3 Å². The van der Waals surface area contributed by atoms with Gasteiger partial charge in [0.25, 0.3) is 0 Å². The lowest BCUT2D eigenvalue weighted by Gasteiger charge is -2.28. The summed E-state index contributed by atoms with van der Waals surface area (Å²) in [5, 5.41) is 16.8. The van der Waals surface area contributed by atoms with Crippen molar-refractivity contribution >= 4 is 5.96 Å². The molecule has 6 heteroatoms. The third-order valence-electron chi connectivity index (χ3n) is 4.31. The van der Waals surface area contributed by atoms with E-state index in [-0.39, 0.29) is 11.8 Å². The van der Waals surface area contributed by atoms with E-state index in [2.05, 4.69) is 21.7 Å². The van der Waals surface area contributed by atoms with E-state index in [1.54, 1.807) is 25.3 Å². The van der Waals surface area contributed by atoms with Crippen molar-refractivity contribution in [2.24, 2.45) is 4.99 Å². The maximum Gasteiger partial charge on any atom is 0.192 e. The molecule has 0 bridgehead atoms. The Morgan fingerprint density at radius 1 is 1.31 bits per heavy atom. The molecule has 0 aliphatic carbocycles. The van der Waals surface area contributed by atoms with Gasteiger partial charge in [0.05, 0.1) is 26.3 Å². The van der Waals surface area contributed by atoms with Crippen molar-refractivity contribution < 1.29 is 14.6 Å². The van der Waals surface area contributed by atoms with Crippen molar-refractivity contribution in [3.05, 3.63) is 53.6 Å². The summed E-state index contributed by atoms with van der Waals surface area (Å²) in [6.07, 6.45) is 0.867. The van der Waals surface area contributed by atoms with Gasteiger partial charge >= 0.3 is 0 Å². The zero-order valence-corrected chi connectivity index (χ0v) is 15.2. The van der Waals surface area contributed by atoms with Crippen LogP contribution in [-0.4, -0.2) is 31.3 Å². The van der Waals surface area contributed by atoms with Crippen LogP contribution >= 0.6 is 0 Å². The number of nitrogens with one attached hydrogen (secondary N) is 2.